The summed E-state index contributed by atoms with van der Waals surface area (Å²) in [6.45, 7) is 4.03. The molecule has 0 heterocycles. The van der Waals surface area contributed by atoms with E-state index in [1.807, 2.05) is 37.3 Å². The Morgan fingerprint density at radius 2 is 1.88 bits per heavy atom. The standard InChI is InChI=1S/C22H24O4/c1-13-3-6-18(16-4-7-17-15(11-16)5-8-19(17)24)21(20(13)25)26-12-22(9-10-22)14(2)23/h3-4,6-7,11,14,23,25H,5,8-10,12H2,1-2H3/t14-/m1/s1. The van der Waals surface area contributed by atoms with E-state index < -0.39 is 6.10 Å². The van der Waals surface area contributed by atoms with Crippen molar-refractivity contribution in [1.82, 2.24) is 0 Å². The third-order valence-corrected chi connectivity index (χ3v) is 5.95. The van der Waals surface area contributed by atoms with E-state index in [0.29, 0.717) is 18.8 Å². The number of fused-ring (bicyclic) bond motifs is 1. The highest BCUT2D eigenvalue weighted by atomic mass is 16.5. The molecular weight excluding hydrogens is 328 g/mol. The van der Waals surface area contributed by atoms with Crippen LogP contribution in [0.4, 0.5) is 0 Å². The van der Waals surface area contributed by atoms with E-state index in [1.165, 1.54) is 0 Å². The van der Waals surface area contributed by atoms with Gasteiger partial charge in [-0.15, -0.1) is 0 Å². The third kappa shape index (κ3) is 2.78. The molecule has 1 atom stereocenters. The Kier molecular flexibility index (Phi) is 4.03. The summed E-state index contributed by atoms with van der Waals surface area (Å²) in [5, 5.41) is 20.6. The molecule has 1 fully saturated rings. The number of benzene rings is 2. The van der Waals surface area contributed by atoms with Gasteiger partial charge >= 0.3 is 0 Å². The van der Waals surface area contributed by atoms with E-state index in [1.54, 1.807) is 6.92 Å². The van der Waals surface area contributed by atoms with Crippen LogP contribution in [0, 0.1) is 12.3 Å². The first-order valence-corrected chi connectivity index (χ1v) is 9.21. The number of carbonyl (C=O) groups excluding carboxylic acids is 1. The van der Waals surface area contributed by atoms with Crippen LogP contribution in [0.5, 0.6) is 11.5 Å². The second-order valence-corrected chi connectivity index (χ2v) is 7.73. The van der Waals surface area contributed by atoms with Crippen LogP contribution in [0.3, 0.4) is 0 Å². The molecule has 2 aliphatic rings. The van der Waals surface area contributed by atoms with Gasteiger partial charge in [-0.1, -0.05) is 30.3 Å². The fourth-order valence-electron chi connectivity index (χ4n) is 3.73. The van der Waals surface area contributed by atoms with Crippen molar-refractivity contribution in [1.29, 1.82) is 0 Å². The van der Waals surface area contributed by atoms with E-state index in [2.05, 4.69) is 0 Å². The second kappa shape index (κ2) is 6.13. The lowest BCUT2D eigenvalue weighted by molar-refractivity contribution is 0.0718. The molecule has 2 aromatic rings. The molecule has 0 saturated heterocycles. The molecule has 2 aliphatic carbocycles. The highest BCUT2D eigenvalue weighted by molar-refractivity contribution is 6.01. The number of rotatable bonds is 5. The highest BCUT2D eigenvalue weighted by Crippen LogP contribution is 2.50. The minimum absolute atomic E-state index is 0.139. The molecule has 2 aromatic carbocycles. The van der Waals surface area contributed by atoms with Gasteiger partial charge in [0.2, 0.25) is 0 Å². The zero-order valence-electron chi connectivity index (χ0n) is 15.2. The molecule has 0 amide bonds. The fraction of sp³-hybridized carbons (Fsp3) is 0.409. The first-order chi connectivity index (χ1) is 12.4. The smallest absolute Gasteiger partial charge is 0.169 e. The van der Waals surface area contributed by atoms with Crippen LogP contribution in [-0.4, -0.2) is 28.7 Å². The predicted molar refractivity (Wildman–Crippen MR) is 99.8 cm³/mol. The van der Waals surface area contributed by atoms with Crippen molar-refractivity contribution < 1.29 is 19.7 Å². The summed E-state index contributed by atoms with van der Waals surface area (Å²) < 4.78 is 6.06. The van der Waals surface area contributed by atoms with Gasteiger partial charge in [-0.25, -0.2) is 0 Å². The van der Waals surface area contributed by atoms with E-state index in [4.69, 9.17) is 4.74 Å². The molecule has 0 radical (unpaired) electrons. The normalized spacial score (nSPS) is 18.5. The fourth-order valence-corrected chi connectivity index (χ4v) is 3.73. The summed E-state index contributed by atoms with van der Waals surface area (Å²) in [5.74, 6) is 0.795. The molecule has 1 saturated carbocycles. The number of carbonyl (C=O) groups is 1. The number of phenols is 1. The molecule has 4 heteroatoms. The van der Waals surface area contributed by atoms with Crippen LogP contribution < -0.4 is 4.74 Å². The number of hydrogen-bond donors (Lipinski definition) is 2. The van der Waals surface area contributed by atoms with Gasteiger partial charge in [0.25, 0.3) is 0 Å². The molecule has 0 aromatic heterocycles. The lowest BCUT2D eigenvalue weighted by Gasteiger charge is -2.21. The number of ketones is 1. The van der Waals surface area contributed by atoms with Crippen LogP contribution >= 0.6 is 0 Å². The van der Waals surface area contributed by atoms with Gasteiger partial charge in [-0.3, -0.25) is 4.79 Å². The van der Waals surface area contributed by atoms with Gasteiger partial charge in [-0.05, 0) is 49.8 Å². The largest absolute Gasteiger partial charge is 0.504 e. The van der Waals surface area contributed by atoms with Crippen molar-refractivity contribution in [2.24, 2.45) is 5.41 Å². The second-order valence-electron chi connectivity index (χ2n) is 7.73. The Balaban J connectivity index is 1.70. The van der Waals surface area contributed by atoms with Gasteiger partial charge in [0, 0.05) is 23.0 Å². The number of ether oxygens (including phenoxy) is 1. The van der Waals surface area contributed by atoms with Crippen molar-refractivity contribution in [3.05, 3.63) is 47.0 Å². The van der Waals surface area contributed by atoms with Crippen molar-refractivity contribution in [2.75, 3.05) is 6.61 Å². The van der Waals surface area contributed by atoms with E-state index in [0.717, 1.165) is 47.1 Å². The third-order valence-electron chi connectivity index (χ3n) is 5.95. The number of phenolic OH excluding ortho intramolecular Hbond substituents is 1. The molecule has 2 N–H and O–H groups in total. The van der Waals surface area contributed by atoms with Crippen LogP contribution in [-0.2, 0) is 6.42 Å². The van der Waals surface area contributed by atoms with Crippen LogP contribution in [0.25, 0.3) is 11.1 Å². The average Bonchev–Trinajstić information content (AvgIpc) is 3.34. The Morgan fingerprint density at radius 3 is 2.58 bits per heavy atom. The quantitative estimate of drug-likeness (QED) is 0.852. The maximum Gasteiger partial charge on any atom is 0.169 e. The summed E-state index contributed by atoms with van der Waals surface area (Å²) >= 11 is 0. The van der Waals surface area contributed by atoms with Gasteiger partial charge in [0.15, 0.2) is 17.3 Å². The molecule has 0 spiro atoms. The van der Waals surface area contributed by atoms with Crippen molar-refractivity contribution in [3.8, 4) is 22.6 Å². The summed E-state index contributed by atoms with van der Waals surface area (Å²) in [4.78, 5) is 11.9. The number of Topliss-reactive ketones (excluding diaryl/α,β-unsaturated/α-hetero) is 1. The summed E-state index contributed by atoms with van der Waals surface area (Å²) in [5.41, 5.74) is 4.17. The number of aliphatic hydroxyl groups excluding tert-OH is 1. The lowest BCUT2D eigenvalue weighted by atomic mass is 9.97. The summed E-state index contributed by atoms with van der Waals surface area (Å²) in [6, 6.07) is 9.64. The monoisotopic (exact) mass is 352 g/mol. The van der Waals surface area contributed by atoms with Gasteiger partial charge in [0.1, 0.15) is 0 Å². The molecule has 136 valence electrons. The number of aryl methyl sites for hydroxylation is 2. The Bertz CT molecular complexity index is 878. The number of aliphatic hydroxyl groups is 1. The van der Waals surface area contributed by atoms with Gasteiger partial charge in [0.05, 0.1) is 12.7 Å². The molecule has 26 heavy (non-hydrogen) atoms. The van der Waals surface area contributed by atoms with Crippen LogP contribution in [0.15, 0.2) is 30.3 Å². The minimum Gasteiger partial charge on any atom is -0.504 e. The van der Waals surface area contributed by atoms with Gasteiger partial charge in [-0.2, -0.15) is 0 Å². The summed E-state index contributed by atoms with van der Waals surface area (Å²) in [7, 11) is 0. The van der Waals surface area contributed by atoms with Crippen molar-refractivity contribution >= 4 is 5.78 Å². The maximum absolute atomic E-state index is 11.9. The average molecular weight is 352 g/mol. The first kappa shape index (κ1) is 17.1. The maximum atomic E-state index is 11.9. The molecule has 0 aliphatic heterocycles. The molecular formula is C22H24O4. The number of hydrogen-bond acceptors (Lipinski definition) is 4. The molecule has 4 nitrogen and oxygen atoms in total. The van der Waals surface area contributed by atoms with Crippen molar-refractivity contribution in [2.45, 2.75) is 45.6 Å². The Hall–Kier alpha value is -2.33. The SMILES string of the molecule is Cc1ccc(-c2ccc3c(c2)CCC3=O)c(OCC2([C@@H](C)O)CC2)c1O. The summed E-state index contributed by atoms with van der Waals surface area (Å²) in [6.07, 6.45) is 2.78. The van der Waals surface area contributed by atoms with E-state index in [-0.39, 0.29) is 16.9 Å². The number of aromatic hydroxyl groups is 1. The first-order valence-electron chi connectivity index (χ1n) is 9.21. The van der Waals surface area contributed by atoms with Crippen LogP contribution in [0.1, 0.15) is 47.7 Å². The van der Waals surface area contributed by atoms with Gasteiger partial charge < -0.3 is 14.9 Å². The zero-order chi connectivity index (χ0) is 18.5. The van der Waals surface area contributed by atoms with Crippen molar-refractivity contribution in [3.63, 3.8) is 0 Å². The lowest BCUT2D eigenvalue weighted by Crippen LogP contribution is -2.25. The molecule has 0 unspecified atom stereocenters. The minimum atomic E-state index is -0.427. The predicted octanol–water partition coefficient (Wildman–Crippen LogP) is 4.04. The molecule has 4 rings (SSSR count). The van der Waals surface area contributed by atoms with E-state index in [9.17, 15) is 15.0 Å². The molecule has 0 bridgehead atoms. The Morgan fingerprint density at radius 1 is 1.15 bits per heavy atom. The zero-order valence-corrected chi connectivity index (χ0v) is 15.2. The van der Waals surface area contributed by atoms with Crippen LogP contribution in [0.2, 0.25) is 0 Å². The highest BCUT2D eigenvalue weighted by Gasteiger charge is 2.48. The van der Waals surface area contributed by atoms with E-state index >= 15 is 0 Å². The Labute approximate surface area is 153 Å². The topological polar surface area (TPSA) is 66.8 Å².